The van der Waals surface area contributed by atoms with Crippen molar-refractivity contribution in [2.45, 2.75) is 6.92 Å². The molecule has 3 aromatic carbocycles. The number of hydrogen-bond acceptors (Lipinski definition) is 6. The Hall–Kier alpha value is -3.70. The molecule has 1 N–H and O–H groups in total. The van der Waals surface area contributed by atoms with Crippen LogP contribution in [0.5, 0.6) is 17.2 Å². The molecule has 0 spiro atoms. The van der Waals surface area contributed by atoms with Gasteiger partial charge in [0.1, 0.15) is 17.4 Å². The lowest BCUT2D eigenvalue weighted by Crippen LogP contribution is -2.14. The highest BCUT2D eigenvalue weighted by Gasteiger charge is 2.19. The zero-order chi connectivity index (χ0) is 26.2. The molecule has 0 saturated heterocycles. The standard InChI is InChI=1S/C26H19Cl3N2O5/c1-3-35-23-12-15(10-17(14-30)25(32)31-22-13-18(27)6-9-20(22)28)11-21(29)24(23)36-26(33)16-4-7-19(34-2)8-5-16/h4-13H,3H2,1-2H3,(H,31,32)/b17-10+. The number of carbonyl (C=O) groups is 2. The van der Waals surface area contributed by atoms with Gasteiger partial charge in [0.25, 0.3) is 5.91 Å². The van der Waals surface area contributed by atoms with E-state index in [9.17, 15) is 14.9 Å². The van der Waals surface area contributed by atoms with E-state index in [2.05, 4.69) is 5.32 Å². The van der Waals surface area contributed by atoms with Crippen molar-refractivity contribution in [2.75, 3.05) is 19.0 Å². The number of esters is 1. The molecule has 0 fully saturated rings. The smallest absolute Gasteiger partial charge is 0.343 e. The average Bonchev–Trinajstić information content (AvgIpc) is 2.86. The molecule has 0 atom stereocenters. The molecule has 184 valence electrons. The van der Waals surface area contributed by atoms with Gasteiger partial charge in [-0.1, -0.05) is 34.8 Å². The second-order valence-electron chi connectivity index (χ2n) is 7.13. The van der Waals surface area contributed by atoms with E-state index in [1.54, 1.807) is 37.3 Å². The number of methoxy groups -OCH3 is 1. The number of halogens is 3. The Morgan fingerprint density at radius 3 is 2.39 bits per heavy atom. The third kappa shape index (κ3) is 6.70. The molecule has 7 nitrogen and oxygen atoms in total. The van der Waals surface area contributed by atoms with Crippen LogP contribution in [0.2, 0.25) is 15.1 Å². The van der Waals surface area contributed by atoms with Gasteiger partial charge in [-0.15, -0.1) is 0 Å². The van der Waals surface area contributed by atoms with Gasteiger partial charge in [0.05, 0.1) is 35.0 Å². The second-order valence-corrected chi connectivity index (χ2v) is 8.38. The first-order valence-corrected chi connectivity index (χ1v) is 11.6. The summed E-state index contributed by atoms with van der Waals surface area (Å²) >= 11 is 18.4. The zero-order valence-corrected chi connectivity index (χ0v) is 21.4. The van der Waals surface area contributed by atoms with Gasteiger partial charge in [-0.2, -0.15) is 5.26 Å². The van der Waals surface area contributed by atoms with Crippen LogP contribution in [0.25, 0.3) is 6.08 Å². The van der Waals surface area contributed by atoms with Gasteiger partial charge in [0, 0.05) is 5.02 Å². The molecule has 0 unspecified atom stereocenters. The Bertz CT molecular complexity index is 1370. The summed E-state index contributed by atoms with van der Waals surface area (Å²) < 4.78 is 16.2. The summed E-state index contributed by atoms with van der Waals surface area (Å²) in [5.41, 5.74) is 0.676. The predicted molar refractivity (Wildman–Crippen MR) is 139 cm³/mol. The van der Waals surface area contributed by atoms with Gasteiger partial charge < -0.3 is 19.5 Å². The van der Waals surface area contributed by atoms with Crippen molar-refractivity contribution in [3.8, 4) is 23.3 Å². The Kier molecular flexibility index (Phi) is 9.20. The second kappa shape index (κ2) is 12.3. The molecular formula is C26H19Cl3N2O5. The third-order valence-corrected chi connectivity index (χ3v) is 5.55. The van der Waals surface area contributed by atoms with Crippen LogP contribution in [0.1, 0.15) is 22.8 Å². The highest BCUT2D eigenvalue weighted by Crippen LogP contribution is 2.38. The van der Waals surface area contributed by atoms with Crippen molar-refractivity contribution >= 4 is 58.4 Å². The normalized spacial score (nSPS) is 10.8. The Morgan fingerprint density at radius 2 is 1.75 bits per heavy atom. The number of carbonyl (C=O) groups excluding carboxylic acids is 2. The summed E-state index contributed by atoms with van der Waals surface area (Å²) in [7, 11) is 1.52. The van der Waals surface area contributed by atoms with E-state index >= 15 is 0 Å². The number of hydrogen-bond donors (Lipinski definition) is 1. The number of rotatable bonds is 8. The van der Waals surface area contributed by atoms with Crippen molar-refractivity contribution in [2.24, 2.45) is 0 Å². The topological polar surface area (TPSA) is 97.6 Å². The Morgan fingerprint density at radius 1 is 1.03 bits per heavy atom. The minimum absolute atomic E-state index is 0.00477. The van der Waals surface area contributed by atoms with Gasteiger partial charge in [-0.25, -0.2) is 4.79 Å². The van der Waals surface area contributed by atoms with Crippen LogP contribution in [0.4, 0.5) is 5.69 Å². The monoisotopic (exact) mass is 544 g/mol. The van der Waals surface area contributed by atoms with Gasteiger partial charge in [-0.3, -0.25) is 4.79 Å². The van der Waals surface area contributed by atoms with Crippen LogP contribution in [-0.4, -0.2) is 25.6 Å². The van der Waals surface area contributed by atoms with E-state index in [1.807, 2.05) is 6.07 Å². The van der Waals surface area contributed by atoms with Crippen LogP contribution in [0.3, 0.4) is 0 Å². The van der Waals surface area contributed by atoms with E-state index in [-0.39, 0.29) is 45.0 Å². The van der Waals surface area contributed by atoms with E-state index in [0.29, 0.717) is 16.3 Å². The fourth-order valence-electron chi connectivity index (χ4n) is 3.01. The van der Waals surface area contributed by atoms with E-state index in [1.165, 1.54) is 37.5 Å². The molecule has 36 heavy (non-hydrogen) atoms. The van der Waals surface area contributed by atoms with Gasteiger partial charge in [0.2, 0.25) is 0 Å². The lowest BCUT2D eigenvalue weighted by molar-refractivity contribution is -0.112. The van der Waals surface area contributed by atoms with Crippen molar-refractivity contribution in [3.05, 3.63) is 86.4 Å². The van der Waals surface area contributed by atoms with Crippen molar-refractivity contribution in [3.63, 3.8) is 0 Å². The van der Waals surface area contributed by atoms with Crippen LogP contribution in [0, 0.1) is 11.3 Å². The first kappa shape index (κ1) is 26.9. The van der Waals surface area contributed by atoms with E-state index in [4.69, 9.17) is 49.0 Å². The minimum atomic E-state index is -0.703. The molecule has 1 amide bonds. The third-order valence-electron chi connectivity index (χ3n) is 4.70. The molecule has 0 bridgehead atoms. The van der Waals surface area contributed by atoms with Crippen LogP contribution in [0.15, 0.2) is 60.2 Å². The highest BCUT2D eigenvalue weighted by molar-refractivity contribution is 6.36. The molecule has 0 saturated carbocycles. The number of nitrogens with zero attached hydrogens (tertiary/aromatic N) is 1. The highest BCUT2D eigenvalue weighted by atomic mass is 35.5. The number of anilines is 1. The number of nitriles is 1. The molecule has 3 aromatic rings. The Balaban J connectivity index is 1.89. The van der Waals surface area contributed by atoms with Gasteiger partial charge in [-0.05, 0) is 73.2 Å². The fraction of sp³-hybridized carbons (Fsp3) is 0.115. The molecule has 10 heteroatoms. The molecule has 0 aliphatic carbocycles. The maximum Gasteiger partial charge on any atom is 0.343 e. The maximum atomic E-state index is 12.7. The van der Waals surface area contributed by atoms with Crippen molar-refractivity contribution in [1.82, 2.24) is 0 Å². The summed E-state index contributed by atoms with van der Waals surface area (Å²) in [5.74, 6) is -0.602. The molecule has 0 aliphatic heterocycles. The fourth-order valence-corrected chi connectivity index (χ4v) is 3.60. The molecule has 0 radical (unpaired) electrons. The lowest BCUT2D eigenvalue weighted by Gasteiger charge is -2.14. The van der Waals surface area contributed by atoms with Crippen molar-refractivity contribution in [1.29, 1.82) is 5.26 Å². The summed E-state index contributed by atoms with van der Waals surface area (Å²) in [4.78, 5) is 25.3. The summed E-state index contributed by atoms with van der Waals surface area (Å²) in [6.07, 6.45) is 1.32. The summed E-state index contributed by atoms with van der Waals surface area (Å²) in [6.45, 7) is 1.99. The number of ether oxygens (including phenoxy) is 3. The SMILES string of the molecule is CCOc1cc(/C=C(\C#N)C(=O)Nc2cc(Cl)ccc2Cl)cc(Cl)c1OC(=O)c1ccc(OC)cc1. The van der Waals surface area contributed by atoms with Crippen LogP contribution in [-0.2, 0) is 4.79 Å². The summed E-state index contributed by atoms with van der Waals surface area (Å²) in [5, 5.41) is 12.8. The zero-order valence-electron chi connectivity index (χ0n) is 19.1. The predicted octanol–water partition coefficient (Wildman–Crippen LogP) is 6.82. The lowest BCUT2D eigenvalue weighted by atomic mass is 10.1. The molecule has 3 rings (SSSR count). The average molecular weight is 546 g/mol. The number of nitrogens with one attached hydrogen (secondary N) is 1. The molecule has 0 aromatic heterocycles. The first-order chi connectivity index (χ1) is 17.2. The number of benzene rings is 3. The van der Waals surface area contributed by atoms with E-state index in [0.717, 1.165) is 0 Å². The quantitative estimate of drug-likeness (QED) is 0.144. The molecule has 0 heterocycles. The molecule has 0 aliphatic rings. The van der Waals surface area contributed by atoms with Crippen molar-refractivity contribution < 1.29 is 23.8 Å². The Labute approximate surface area is 222 Å². The minimum Gasteiger partial charge on any atom is -0.497 e. The maximum absolute atomic E-state index is 12.7. The number of amides is 1. The van der Waals surface area contributed by atoms with Crippen LogP contribution < -0.4 is 19.5 Å². The first-order valence-electron chi connectivity index (χ1n) is 10.5. The summed E-state index contributed by atoms with van der Waals surface area (Å²) in [6, 6.07) is 15.7. The van der Waals surface area contributed by atoms with Gasteiger partial charge >= 0.3 is 5.97 Å². The van der Waals surface area contributed by atoms with E-state index < -0.39 is 11.9 Å². The largest absolute Gasteiger partial charge is 0.497 e. The van der Waals surface area contributed by atoms with Gasteiger partial charge in [0.15, 0.2) is 11.5 Å². The molecular weight excluding hydrogens is 527 g/mol. The van der Waals surface area contributed by atoms with Crippen LogP contribution >= 0.6 is 34.8 Å².